The molecular formula is C30H22BrNO3. The monoisotopic (exact) mass is 523 g/mol. The maximum absolute atomic E-state index is 13.7. The van der Waals surface area contributed by atoms with Gasteiger partial charge in [0.2, 0.25) is 0 Å². The topological polar surface area (TPSA) is 48.3 Å². The molecule has 5 aromatic rings. The molecule has 1 aromatic heterocycles. The van der Waals surface area contributed by atoms with Crippen LogP contribution in [0.3, 0.4) is 0 Å². The lowest BCUT2D eigenvalue weighted by molar-refractivity contribution is 0.0588. The predicted octanol–water partition coefficient (Wildman–Crippen LogP) is 6.93. The summed E-state index contributed by atoms with van der Waals surface area (Å²) in [6, 6.07) is 33.3. The summed E-state index contributed by atoms with van der Waals surface area (Å²) in [6.07, 6.45) is 0. The largest absolute Gasteiger partial charge is 0.464 e. The highest BCUT2D eigenvalue weighted by atomic mass is 79.9. The third-order valence-corrected chi connectivity index (χ3v) is 6.57. The normalized spacial score (nSPS) is 10.9. The molecule has 1 heterocycles. The number of nitrogens with zero attached hydrogens (tertiary/aromatic N) is 1. The van der Waals surface area contributed by atoms with Crippen molar-refractivity contribution < 1.29 is 9.53 Å². The molecule has 0 aliphatic carbocycles. The lowest BCUT2D eigenvalue weighted by Gasteiger charge is -2.19. The summed E-state index contributed by atoms with van der Waals surface area (Å²) in [6.45, 7) is 0.240. The van der Waals surface area contributed by atoms with E-state index in [0.29, 0.717) is 16.3 Å². The van der Waals surface area contributed by atoms with Crippen molar-refractivity contribution in [1.29, 1.82) is 0 Å². The van der Waals surface area contributed by atoms with Gasteiger partial charge >= 0.3 is 5.97 Å². The summed E-state index contributed by atoms with van der Waals surface area (Å²) in [4.78, 5) is 26.8. The van der Waals surface area contributed by atoms with Crippen LogP contribution in [-0.2, 0) is 11.3 Å². The molecule has 0 unspecified atom stereocenters. The summed E-state index contributed by atoms with van der Waals surface area (Å²) >= 11 is 3.52. The van der Waals surface area contributed by atoms with E-state index < -0.39 is 5.97 Å². The number of pyridine rings is 1. The van der Waals surface area contributed by atoms with Crippen LogP contribution in [0, 0.1) is 0 Å². The number of esters is 1. The number of fused-ring (bicyclic) bond motifs is 1. The van der Waals surface area contributed by atoms with Crippen LogP contribution in [0.1, 0.15) is 16.1 Å². The van der Waals surface area contributed by atoms with E-state index in [-0.39, 0.29) is 17.8 Å². The first-order chi connectivity index (χ1) is 17.1. The second-order valence-corrected chi connectivity index (χ2v) is 9.14. The highest BCUT2D eigenvalue weighted by Gasteiger charge is 2.24. The summed E-state index contributed by atoms with van der Waals surface area (Å²) in [5.74, 6) is -0.552. The van der Waals surface area contributed by atoms with Crippen molar-refractivity contribution in [2.24, 2.45) is 0 Å². The summed E-state index contributed by atoms with van der Waals surface area (Å²) in [5, 5.41) is 1.24. The summed E-state index contributed by atoms with van der Waals surface area (Å²) < 4.78 is 7.53. The van der Waals surface area contributed by atoms with Gasteiger partial charge in [-0.2, -0.15) is 0 Å². The molecule has 0 atom stereocenters. The molecule has 5 heteroatoms. The smallest absolute Gasteiger partial charge is 0.355 e. The van der Waals surface area contributed by atoms with Crippen LogP contribution in [0.4, 0.5) is 0 Å². The van der Waals surface area contributed by atoms with E-state index in [2.05, 4.69) is 28.1 Å². The second kappa shape index (κ2) is 9.72. The second-order valence-electron chi connectivity index (χ2n) is 8.23. The predicted molar refractivity (Wildman–Crippen MR) is 144 cm³/mol. The number of benzene rings is 4. The van der Waals surface area contributed by atoms with Crippen LogP contribution < -0.4 is 5.56 Å². The molecule has 5 rings (SSSR count). The van der Waals surface area contributed by atoms with Gasteiger partial charge in [-0.05, 0) is 45.8 Å². The Bertz CT molecular complexity index is 1570. The van der Waals surface area contributed by atoms with Gasteiger partial charge in [0.15, 0.2) is 0 Å². The highest BCUT2D eigenvalue weighted by molar-refractivity contribution is 9.10. The van der Waals surface area contributed by atoms with Crippen LogP contribution in [-0.4, -0.2) is 17.6 Å². The number of hydrogen-bond donors (Lipinski definition) is 0. The number of aromatic nitrogens is 1. The average molecular weight is 524 g/mol. The Kier molecular flexibility index (Phi) is 6.34. The standard InChI is InChI=1S/C30H22BrNO3/c1-35-30(34)28-27(23-10-6-3-7-11-23)26-18-24(31)16-17-25(26)29(33)32(28)19-20-12-14-22(15-13-20)21-8-4-2-5-9-21/h2-18H,19H2,1H3. The first-order valence-electron chi connectivity index (χ1n) is 11.2. The molecular weight excluding hydrogens is 502 g/mol. The van der Waals surface area contributed by atoms with E-state index in [0.717, 1.165) is 26.7 Å². The van der Waals surface area contributed by atoms with Gasteiger partial charge in [0.05, 0.1) is 13.7 Å². The number of halogens is 1. The van der Waals surface area contributed by atoms with E-state index in [1.165, 1.54) is 11.7 Å². The number of carbonyl (C=O) groups excluding carboxylic acids is 1. The molecule has 172 valence electrons. The molecule has 0 saturated carbocycles. The molecule has 0 spiro atoms. The molecule has 4 aromatic carbocycles. The van der Waals surface area contributed by atoms with Crippen molar-refractivity contribution >= 4 is 32.7 Å². The number of carbonyl (C=O) groups is 1. The fraction of sp³-hybridized carbons (Fsp3) is 0.0667. The van der Waals surface area contributed by atoms with Crippen molar-refractivity contribution in [3.05, 3.63) is 129 Å². The Morgan fingerprint density at radius 3 is 2.00 bits per heavy atom. The van der Waals surface area contributed by atoms with Crippen molar-refractivity contribution in [3.63, 3.8) is 0 Å². The lowest BCUT2D eigenvalue weighted by Crippen LogP contribution is -2.28. The molecule has 4 nitrogen and oxygen atoms in total. The molecule has 0 N–H and O–H groups in total. The van der Waals surface area contributed by atoms with Gasteiger partial charge in [-0.1, -0.05) is 101 Å². The Morgan fingerprint density at radius 1 is 0.771 bits per heavy atom. The number of rotatable bonds is 5. The zero-order valence-corrected chi connectivity index (χ0v) is 20.7. The fourth-order valence-corrected chi connectivity index (χ4v) is 4.75. The van der Waals surface area contributed by atoms with E-state index in [4.69, 9.17) is 4.74 Å². The molecule has 0 radical (unpaired) electrons. The minimum absolute atomic E-state index is 0.236. The minimum Gasteiger partial charge on any atom is -0.464 e. The lowest BCUT2D eigenvalue weighted by atomic mass is 9.96. The molecule has 0 aliphatic heterocycles. The Labute approximate surface area is 211 Å². The average Bonchev–Trinajstić information content (AvgIpc) is 2.91. The molecule has 0 amide bonds. The van der Waals surface area contributed by atoms with E-state index in [1.807, 2.05) is 84.9 Å². The van der Waals surface area contributed by atoms with Gasteiger partial charge in [-0.3, -0.25) is 9.36 Å². The van der Waals surface area contributed by atoms with Gasteiger partial charge in [0.1, 0.15) is 5.69 Å². The van der Waals surface area contributed by atoms with Crippen molar-refractivity contribution in [3.8, 4) is 22.3 Å². The maximum Gasteiger partial charge on any atom is 0.355 e. The van der Waals surface area contributed by atoms with Gasteiger partial charge in [0, 0.05) is 15.4 Å². The SMILES string of the molecule is COC(=O)c1c(-c2ccccc2)c2cc(Br)ccc2c(=O)n1Cc1ccc(-c2ccccc2)cc1. The van der Waals surface area contributed by atoms with E-state index >= 15 is 0 Å². The quantitative estimate of drug-likeness (QED) is 0.234. The van der Waals surface area contributed by atoms with Crippen molar-refractivity contribution in [2.45, 2.75) is 6.54 Å². The first-order valence-corrected chi connectivity index (χ1v) is 12.0. The first kappa shape index (κ1) is 22.8. The molecule has 0 saturated heterocycles. The van der Waals surface area contributed by atoms with Crippen LogP contribution in [0.2, 0.25) is 0 Å². The minimum atomic E-state index is -0.552. The van der Waals surface area contributed by atoms with Crippen molar-refractivity contribution in [1.82, 2.24) is 4.57 Å². The van der Waals surface area contributed by atoms with Crippen LogP contribution >= 0.6 is 15.9 Å². The third kappa shape index (κ3) is 4.43. The Hall–Kier alpha value is -3.96. The third-order valence-electron chi connectivity index (χ3n) is 6.08. The van der Waals surface area contributed by atoms with E-state index in [9.17, 15) is 9.59 Å². The molecule has 0 fully saturated rings. The molecule has 0 bridgehead atoms. The zero-order valence-electron chi connectivity index (χ0n) is 19.1. The van der Waals surface area contributed by atoms with Crippen LogP contribution in [0.15, 0.2) is 112 Å². The Balaban J connectivity index is 1.72. The summed E-state index contributed by atoms with van der Waals surface area (Å²) in [5.41, 5.74) is 4.63. The zero-order chi connectivity index (χ0) is 24.4. The van der Waals surface area contributed by atoms with Crippen LogP contribution in [0.25, 0.3) is 33.0 Å². The van der Waals surface area contributed by atoms with Gasteiger partial charge in [0.25, 0.3) is 5.56 Å². The van der Waals surface area contributed by atoms with Crippen LogP contribution in [0.5, 0.6) is 0 Å². The summed E-state index contributed by atoms with van der Waals surface area (Å²) in [7, 11) is 1.34. The number of methoxy groups -OCH3 is 1. The maximum atomic E-state index is 13.7. The number of hydrogen-bond acceptors (Lipinski definition) is 3. The molecule has 0 aliphatic rings. The fourth-order valence-electron chi connectivity index (χ4n) is 4.39. The molecule has 35 heavy (non-hydrogen) atoms. The van der Waals surface area contributed by atoms with Crippen molar-refractivity contribution in [2.75, 3.05) is 7.11 Å². The van der Waals surface area contributed by atoms with Gasteiger partial charge in [-0.25, -0.2) is 4.79 Å². The Morgan fingerprint density at radius 2 is 1.37 bits per heavy atom. The van der Waals surface area contributed by atoms with Gasteiger partial charge in [-0.15, -0.1) is 0 Å². The number of ether oxygens (including phenoxy) is 1. The van der Waals surface area contributed by atoms with Gasteiger partial charge < -0.3 is 4.74 Å². The highest BCUT2D eigenvalue weighted by Crippen LogP contribution is 2.33. The van der Waals surface area contributed by atoms with E-state index in [1.54, 1.807) is 6.07 Å².